The molecule has 0 aliphatic carbocycles. The van der Waals surface area contributed by atoms with E-state index in [9.17, 15) is 0 Å². The zero-order valence-electron chi connectivity index (χ0n) is 17.2. The number of imidazole rings is 1. The lowest BCUT2D eigenvalue weighted by Gasteiger charge is -2.31. The molecule has 7 heteroatoms. The second-order valence-corrected chi connectivity index (χ2v) is 7.45. The lowest BCUT2D eigenvalue weighted by atomic mass is 10.1. The Bertz CT molecular complexity index is 886. The fourth-order valence-electron chi connectivity index (χ4n) is 3.91. The van der Waals surface area contributed by atoms with Crippen molar-refractivity contribution in [2.24, 2.45) is 0 Å². The molecule has 1 saturated heterocycles. The Morgan fingerprint density at radius 1 is 1.10 bits per heavy atom. The van der Waals surface area contributed by atoms with Gasteiger partial charge in [-0.05, 0) is 18.9 Å². The van der Waals surface area contributed by atoms with E-state index < -0.39 is 0 Å². The summed E-state index contributed by atoms with van der Waals surface area (Å²) in [6.07, 6.45) is 6.99. The third-order valence-electron chi connectivity index (χ3n) is 5.66. The molecule has 0 amide bonds. The molecule has 1 aliphatic heterocycles. The molecule has 0 bridgehead atoms. The van der Waals surface area contributed by atoms with Gasteiger partial charge >= 0.3 is 0 Å². The fraction of sp³-hybridized carbons (Fsp3) is 0.455. The lowest BCUT2D eigenvalue weighted by molar-refractivity contribution is 0.0313. The van der Waals surface area contributed by atoms with Crippen LogP contribution < -0.4 is 0 Å². The van der Waals surface area contributed by atoms with Gasteiger partial charge in [-0.25, -0.2) is 4.98 Å². The van der Waals surface area contributed by atoms with Gasteiger partial charge in [-0.3, -0.25) is 9.58 Å². The molecule has 1 unspecified atom stereocenters. The smallest absolute Gasteiger partial charge is 0.0954 e. The summed E-state index contributed by atoms with van der Waals surface area (Å²) in [6.45, 7) is 9.89. The van der Waals surface area contributed by atoms with Crippen LogP contribution in [0.2, 0.25) is 0 Å². The zero-order valence-corrected chi connectivity index (χ0v) is 18.0. The Labute approximate surface area is 178 Å². The van der Waals surface area contributed by atoms with Crippen LogP contribution in [0.3, 0.4) is 0 Å². The molecule has 0 saturated carbocycles. The van der Waals surface area contributed by atoms with Crippen molar-refractivity contribution < 1.29 is 4.74 Å². The average molecular weight is 416 g/mol. The molecular weight excluding hydrogens is 386 g/mol. The largest absolute Gasteiger partial charge is 0.379 e. The van der Waals surface area contributed by atoms with Crippen LogP contribution in [0.5, 0.6) is 0 Å². The van der Waals surface area contributed by atoms with E-state index in [0.29, 0.717) is 6.04 Å². The third-order valence-corrected chi connectivity index (χ3v) is 5.66. The number of morpholine rings is 1. The topological polar surface area (TPSA) is 48.1 Å². The minimum atomic E-state index is 0. The molecule has 3 heterocycles. The van der Waals surface area contributed by atoms with Crippen LogP contribution in [-0.4, -0.2) is 57.1 Å². The van der Waals surface area contributed by atoms with Gasteiger partial charge in [0.2, 0.25) is 0 Å². The van der Waals surface area contributed by atoms with E-state index in [1.54, 1.807) is 0 Å². The second kappa shape index (κ2) is 10.1. The van der Waals surface area contributed by atoms with Gasteiger partial charge in [0.05, 0.1) is 44.2 Å². The summed E-state index contributed by atoms with van der Waals surface area (Å²) < 4.78 is 9.89. The van der Waals surface area contributed by atoms with Crippen LogP contribution in [0.4, 0.5) is 0 Å². The first-order chi connectivity index (χ1) is 13.8. The molecule has 0 N–H and O–H groups in total. The first-order valence-corrected chi connectivity index (χ1v) is 10.1. The highest BCUT2D eigenvalue weighted by molar-refractivity contribution is 5.85. The summed E-state index contributed by atoms with van der Waals surface area (Å²) in [5.74, 6) is 0. The van der Waals surface area contributed by atoms with Crippen LogP contribution >= 0.6 is 12.4 Å². The SMILES string of the molecule is CCC(CN1CCOCC1)n1cncc1-c1cnn(Cc2ccccc2)c1C.Cl. The van der Waals surface area contributed by atoms with E-state index in [2.05, 4.69) is 62.3 Å². The van der Waals surface area contributed by atoms with E-state index in [0.717, 1.165) is 57.1 Å². The molecule has 3 aromatic rings. The zero-order chi connectivity index (χ0) is 19.3. The number of benzene rings is 1. The van der Waals surface area contributed by atoms with Crippen molar-refractivity contribution in [3.63, 3.8) is 0 Å². The highest BCUT2D eigenvalue weighted by atomic mass is 35.5. The molecular formula is C22H30ClN5O. The Kier molecular flexibility index (Phi) is 7.47. The first-order valence-electron chi connectivity index (χ1n) is 10.1. The van der Waals surface area contributed by atoms with Crippen molar-refractivity contribution in [2.75, 3.05) is 32.8 Å². The molecule has 1 aliphatic rings. The van der Waals surface area contributed by atoms with Crippen LogP contribution in [0.15, 0.2) is 49.1 Å². The summed E-state index contributed by atoms with van der Waals surface area (Å²) >= 11 is 0. The quantitative estimate of drug-likeness (QED) is 0.588. The molecule has 0 radical (unpaired) electrons. The Hall–Kier alpha value is -2.15. The molecule has 1 fully saturated rings. The third kappa shape index (κ3) is 4.89. The lowest BCUT2D eigenvalue weighted by Crippen LogP contribution is -2.39. The van der Waals surface area contributed by atoms with Crippen LogP contribution in [0, 0.1) is 6.92 Å². The van der Waals surface area contributed by atoms with Crippen LogP contribution in [0.25, 0.3) is 11.3 Å². The van der Waals surface area contributed by atoms with Crippen molar-refractivity contribution in [3.05, 3.63) is 60.3 Å². The van der Waals surface area contributed by atoms with Crippen molar-refractivity contribution in [1.29, 1.82) is 0 Å². The number of ether oxygens (including phenoxy) is 1. The predicted octanol–water partition coefficient (Wildman–Crippen LogP) is 3.81. The molecule has 0 spiro atoms. The van der Waals surface area contributed by atoms with E-state index in [-0.39, 0.29) is 12.4 Å². The van der Waals surface area contributed by atoms with Crippen molar-refractivity contribution in [1.82, 2.24) is 24.2 Å². The van der Waals surface area contributed by atoms with Gasteiger partial charge in [0, 0.05) is 36.9 Å². The molecule has 6 nitrogen and oxygen atoms in total. The summed E-state index contributed by atoms with van der Waals surface area (Å²) in [5.41, 5.74) is 4.74. The number of aromatic nitrogens is 4. The minimum Gasteiger partial charge on any atom is -0.379 e. The fourth-order valence-corrected chi connectivity index (χ4v) is 3.91. The van der Waals surface area contributed by atoms with Gasteiger partial charge in [0.15, 0.2) is 0 Å². The van der Waals surface area contributed by atoms with Gasteiger partial charge < -0.3 is 9.30 Å². The summed E-state index contributed by atoms with van der Waals surface area (Å²) in [4.78, 5) is 6.97. The van der Waals surface area contributed by atoms with E-state index in [1.165, 1.54) is 11.3 Å². The van der Waals surface area contributed by atoms with Crippen LogP contribution in [-0.2, 0) is 11.3 Å². The maximum absolute atomic E-state index is 5.49. The monoisotopic (exact) mass is 415 g/mol. The van der Waals surface area contributed by atoms with Gasteiger partial charge in [0.25, 0.3) is 0 Å². The van der Waals surface area contributed by atoms with Crippen molar-refractivity contribution in [2.45, 2.75) is 32.9 Å². The molecule has 29 heavy (non-hydrogen) atoms. The number of rotatable bonds is 7. The first kappa shape index (κ1) is 21.6. The standard InChI is InChI=1S/C22H29N5O.ClH/c1-3-20(16-25-9-11-28-12-10-25)26-17-23-14-22(26)21-13-24-27(18(21)2)15-19-7-5-4-6-8-19;/h4-8,13-14,17,20H,3,9-12,15-16H2,1-2H3;1H. The molecule has 1 atom stereocenters. The molecule has 1 aromatic carbocycles. The van der Waals surface area contributed by atoms with Crippen molar-refractivity contribution >= 4 is 12.4 Å². The Balaban J connectivity index is 0.00000240. The molecule has 2 aromatic heterocycles. The van der Waals surface area contributed by atoms with Crippen LogP contribution in [0.1, 0.15) is 30.6 Å². The normalized spacial score (nSPS) is 15.8. The Morgan fingerprint density at radius 3 is 2.59 bits per heavy atom. The number of hydrogen-bond acceptors (Lipinski definition) is 4. The second-order valence-electron chi connectivity index (χ2n) is 7.45. The van der Waals surface area contributed by atoms with Gasteiger partial charge in [0.1, 0.15) is 0 Å². The highest BCUT2D eigenvalue weighted by Crippen LogP contribution is 2.27. The summed E-state index contributed by atoms with van der Waals surface area (Å²) in [5, 5.41) is 4.66. The van der Waals surface area contributed by atoms with E-state index in [1.807, 2.05) is 24.8 Å². The van der Waals surface area contributed by atoms with Gasteiger partial charge in [-0.2, -0.15) is 5.10 Å². The molecule has 4 rings (SSSR count). The maximum Gasteiger partial charge on any atom is 0.0954 e. The maximum atomic E-state index is 5.49. The van der Waals surface area contributed by atoms with Gasteiger partial charge in [-0.15, -0.1) is 12.4 Å². The molecule has 156 valence electrons. The average Bonchev–Trinajstić information content (AvgIpc) is 3.35. The minimum absolute atomic E-state index is 0. The van der Waals surface area contributed by atoms with E-state index >= 15 is 0 Å². The number of nitrogens with zero attached hydrogens (tertiary/aromatic N) is 5. The number of hydrogen-bond donors (Lipinski definition) is 0. The van der Waals surface area contributed by atoms with E-state index in [4.69, 9.17) is 4.74 Å². The predicted molar refractivity (Wildman–Crippen MR) is 118 cm³/mol. The summed E-state index contributed by atoms with van der Waals surface area (Å²) in [7, 11) is 0. The highest BCUT2D eigenvalue weighted by Gasteiger charge is 2.21. The Morgan fingerprint density at radius 2 is 1.86 bits per heavy atom. The number of halogens is 1. The van der Waals surface area contributed by atoms with Crippen molar-refractivity contribution in [3.8, 4) is 11.3 Å². The summed E-state index contributed by atoms with van der Waals surface area (Å²) in [6, 6.07) is 10.9. The van der Waals surface area contributed by atoms with Gasteiger partial charge in [-0.1, -0.05) is 37.3 Å².